The van der Waals surface area contributed by atoms with Gasteiger partial charge in [-0.15, -0.1) is 11.3 Å². The van der Waals surface area contributed by atoms with Crippen LogP contribution in [0.15, 0.2) is 30.3 Å². The summed E-state index contributed by atoms with van der Waals surface area (Å²) in [6.45, 7) is 4.11. The van der Waals surface area contributed by atoms with Crippen molar-refractivity contribution in [2.24, 2.45) is 0 Å². The largest absolute Gasteiger partial charge is 0.381 e. The predicted molar refractivity (Wildman–Crippen MR) is 75.3 cm³/mol. The van der Waals surface area contributed by atoms with Crippen LogP contribution in [0.3, 0.4) is 0 Å². The molecule has 3 unspecified atom stereocenters. The molecule has 0 aliphatic carbocycles. The maximum Gasteiger partial charge on any atom is 0.131 e. The number of hydrogen-bond acceptors (Lipinski definition) is 4. The maximum absolute atomic E-state index is 10.4. The van der Waals surface area contributed by atoms with Gasteiger partial charge in [-0.05, 0) is 19.4 Å². The Kier molecular flexibility index (Phi) is 3.39. The van der Waals surface area contributed by atoms with Gasteiger partial charge in [-0.2, -0.15) is 0 Å². The molecule has 0 fully saturated rings. The van der Waals surface area contributed by atoms with Crippen LogP contribution < -0.4 is 0 Å². The Morgan fingerprint density at radius 1 is 1.32 bits per heavy atom. The van der Waals surface area contributed by atoms with Crippen molar-refractivity contribution >= 4 is 11.3 Å². The fourth-order valence-corrected chi connectivity index (χ4v) is 3.57. The average molecular weight is 275 g/mol. The van der Waals surface area contributed by atoms with Gasteiger partial charge in [0.05, 0.1) is 22.8 Å². The number of benzene rings is 1. The van der Waals surface area contributed by atoms with Gasteiger partial charge >= 0.3 is 0 Å². The van der Waals surface area contributed by atoms with Crippen LogP contribution in [0, 0.1) is 0 Å². The van der Waals surface area contributed by atoms with Crippen LogP contribution in [0.25, 0.3) is 0 Å². The van der Waals surface area contributed by atoms with Crippen LogP contribution in [-0.4, -0.2) is 16.2 Å². The van der Waals surface area contributed by atoms with Gasteiger partial charge in [-0.3, -0.25) is 0 Å². The molecule has 0 amide bonds. The molecule has 0 saturated carbocycles. The lowest BCUT2D eigenvalue weighted by atomic mass is 10.1. The molecule has 2 aromatic rings. The second-order valence-corrected chi connectivity index (χ2v) is 6.03. The molecule has 0 spiro atoms. The number of nitrogens with zero attached hydrogens (tertiary/aromatic N) is 1. The van der Waals surface area contributed by atoms with Crippen LogP contribution in [-0.2, 0) is 11.2 Å². The van der Waals surface area contributed by atoms with Gasteiger partial charge in [0.1, 0.15) is 11.1 Å². The molecule has 0 saturated heterocycles. The second-order valence-electron chi connectivity index (χ2n) is 4.97. The number of fused-ring (bicyclic) bond motifs is 1. The molecule has 3 nitrogen and oxygen atoms in total. The molecule has 2 heterocycles. The molecule has 19 heavy (non-hydrogen) atoms. The summed E-state index contributed by atoms with van der Waals surface area (Å²) in [5, 5.41) is 11.2. The molecule has 1 N–H and O–H groups in total. The third-order valence-corrected chi connectivity index (χ3v) is 4.69. The van der Waals surface area contributed by atoms with Gasteiger partial charge in [0.15, 0.2) is 0 Å². The van der Waals surface area contributed by atoms with Crippen molar-refractivity contribution in [3.8, 4) is 0 Å². The lowest BCUT2D eigenvalue weighted by Crippen LogP contribution is -2.20. The van der Waals surface area contributed by atoms with Crippen molar-refractivity contribution < 1.29 is 9.84 Å². The van der Waals surface area contributed by atoms with E-state index in [1.54, 1.807) is 11.3 Å². The molecule has 3 rings (SSSR count). The molecular weight excluding hydrogens is 258 g/mol. The molecule has 1 aromatic carbocycles. The number of ether oxygens (including phenoxy) is 1. The number of aliphatic hydroxyl groups is 1. The van der Waals surface area contributed by atoms with E-state index in [0.29, 0.717) is 0 Å². The molecule has 1 aliphatic rings. The molecule has 1 aromatic heterocycles. The normalized spacial score (nSPS) is 23.9. The summed E-state index contributed by atoms with van der Waals surface area (Å²) in [6, 6.07) is 9.65. The second kappa shape index (κ2) is 5.04. The van der Waals surface area contributed by atoms with Gasteiger partial charge in [0, 0.05) is 6.42 Å². The summed E-state index contributed by atoms with van der Waals surface area (Å²) in [7, 11) is 0. The highest BCUT2D eigenvalue weighted by Crippen LogP contribution is 2.37. The first kappa shape index (κ1) is 12.8. The highest BCUT2D eigenvalue weighted by atomic mass is 32.1. The molecule has 4 heteroatoms. The molecule has 0 bridgehead atoms. The predicted octanol–water partition coefficient (Wildman–Crippen LogP) is 3.25. The smallest absolute Gasteiger partial charge is 0.131 e. The van der Waals surface area contributed by atoms with E-state index >= 15 is 0 Å². The van der Waals surface area contributed by atoms with E-state index in [-0.39, 0.29) is 12.2 Å². The maximum atomic E-state index is 10.4. The zero-order valence-electron chi connectivity index (χ0n) is 11.0. The zero-order chi connectivity index (χ0) is 13.4. The standard InChI is InChI=1S/C15H17NO2S/c1-9-8-12-14(10(2)18-9)19-15(16-12)13(17)11-6-4-3-5-7-11/h3-7,9-10,13,17H,8H2,1-2H3. The highest BCUT2D eigenvalue weighted by molar-refractivity contribution is 7.11. The summed E-state index contributed by atoms with van der Waals surface area (Å²) >= 11 is 1.56. The SMILES string of the molecule is CC1Cc2nc(C(O)c3ccccc3)sc2C(C)O1. The fourth-order valence-electron chi connectivity index (χ4n) is 2.47. The van der Waals surface area contributed by atoms with Crippen LogP contribution in [0.2, 0.25) is 0 Å². The summed E-state index contributed by atoms with van der Waals surface area (Å²) in [5.74, 6) is 0. The van der Waals surface area contributed by atoms with Crippen LogP contribution in [0.1, 0.15) is 47.2 Å². The summed E-state index contributed by atoms with van der Waals surface area (Å²) in [5.41, 5.74) is 1.97. The van der Waals surface area contributed by atoms with E-state index in [1.807, 2.05) is 37.3 Å². The van der Waals surface area contributed by atoms with Crippen molar-refractivity contribution in [1.29, 1.82) is 0 Å². The Morgan fingerprint density at radius 2 is 2.05 bits per heavy atom. The lowest BCUT2D eigenvalue weighted by molar-refractivity contribution is -0.00321. The minimum absolute atomic E-state index is 0.0768. The van der Waals surface area contributed by atoms with E-state index in [4.69, 9.17) is 4.74 Å². The quantitative estimate of drug-likeness (QED) is 0.915. The average Bonchev–Trinajstić information content (AvgIpc) is 2.83. The van der Waals surface area contributed by atoms with Crippen LogP contribution in [0.4, 0.5) is 0 Å². The van der Waals surface area contributed by atoms with E-state index < -0.39 is 6.10 Å². The van der Waals surface area contributed by atoms with Gasteiger partial charge < -0.3 is 9.84 Å². The van der Waals surface area contributed by atoms with Crippen molar-refractivity contribution in [3.05, 3.63) is 51.5 Å². The zero-order valence-corrected chi connectivity index (χ0v) is 11.9. The van der Waals surface area contributed by atoms with Crippen molar-refractivity contribution in [2.75, 3.05) is 0 Å². The first-order chi connectivity index (χ1) is 9.15. The topological polar surface area (TPSA) is 42.4 Å². The third-order valence-electron chi connectivity index (χ3n) is 3.38. The van der Waals surface area contributed by atoms with E-state index in [2.05, 4.69) is 11.9 Å². The third kappa shape index (κ3) is 2.43. The summed E-state index contributed by atoms with van der Waals surface area (Å²) in [6.07, 6.45) is 0.469. The van der Waals surface area contributed by atoms with Crippen molar-refractivity contribution in [1.82, 2.24) is 4.98 Å². The highest BCUT2D eigenvalue weighted by Gasteiger charge is 2.28. The first-order valence-corrected chi connectivity index (χ1v) is 7.34. The Labute approximate surface area is 116 Å². The minimum Gasteiger partial charge on any atom is -0.381 e. The number of thiazole rings is 1. The number of aromatic nitrogens is 1. The minimum atomic E-state index is -0.640. The first-order valence-electron chi connectivity index (χ1n) is 6.53. The lowest BCUT2D eigenvalue weighted by Gasteiger charge is -2.23. The van der Waals surface area contributed by atoms with Crippen molar-refractivity contribution in [3.63, 3.8) is 0 Å². The molecule has 1 aliphatic heterocycles. The van der Waals surface area contributed by atoms with E-state index in [1.165, 1.54) is 0 Å². The van der Waals surface area contributed by atoms with Gasteiger partial charge in [-0.1, -0.05) is 30.3 Å². The monoisotopic (exact) mass is 275 g/mol. The van der Waals surface area contributed by atoms with Gasteiger partial charge in [0.2, 0.25) is 0 Å². The summed E-state index contributed by atoms with van der Waals surface area (Å²) < 4.78 is 5.80. The number of rotatable bonds is 2. The molecule has 100 valence electrons. The molecule has 0 radical (unpaired) electrons. The fraction of sp³-hybridized carbons (Fsp3) is 0.400. The molecular formula is C15H17NO2S. The molecule has 3 atom stereocenters. The van der Waals surface area contributed by atoms with E-state index in [9.17, 15) is 5.11 Å². The Bertz CT molecular complexity index is 567. The Balaban J connectivity index is 1.93. The number of aliphatic hydroxyl groups excluding tert-OH is 1. The van der Waals surface area contributed by atoms with Crippen LogP contribution in [0.5, 0.6) is 0 Å². The summed E-state index contributed by atoms with van der Waals surface area (Å²) in [4.78, 5) is 5.77. The van der Waals surface area contributed by atoms with Gasteiger partial charge in [0.25, 0.3) is 0 Å². The van der Waals surface area contributed by atoms with Crippen molar-refractivity contribution in [2.45, 2.75) is 38.6 Å². The van der Waals surface area contributed by atoms with Gasteiger partial charge in [-0.25, -0.2) is 4.98 Å². The Morgan fingerprint density at radius 3 is 2.79 bits per heavy atom. The Hall–Kier alpha value is -1.23. The number of hydrogen-bond donors (Lipinski definition) is 1. The van der Waals surface area contributed by atoms with Crippen LogP contribution >= 0.6 is 11.3 Å². The van der Waals surface area contributed by atoms with E-state index in [0.717, 1.165) is 27.6 Å².